The maximum absolute atomic E-state index is 6.03. The first-order chi connectivity index (χ1) is 8.08. The van der Waals surface area contributed by atoms with Gasteiger partial charge in [0.1, 0.15) is 11.0 Å². The van der Waals surface area contributed by atoms with E-state index in [2.05, 4.69) is 9.97 Å². The van der Waals surface area contributed by atoms with Crippen LogP contribution in [0.15, 0.2) is 24.3 Å². The van der Waals surface area contributed by atoms with Crippen molar-refractivity contribution in [3.63, 3.8) is 0 Å². The molecular weight excluding hydrogens is 236 g/mol. The molecule has 0 spiro atoms. The molecule has 88 valence electrons. The molecule has 5 heteroatoms. The normalized spacial score (nSPS) is 10.5. The van der Waals surface area contributed by atoms with E-state index >= 15 is 0 Å². The number of halogens is 1. The standard InChI is InChI=1S/C12H13ClN4/c1-7-4-2-3-5-8(7)6-9-10(13)16-12(15)17-11(9)14/h2-5H,6H2,1H3,(H4,14,15,16,17). The lowest BCUT2D eigenvalue weighted by Crippen LogP contribution is -2.06. The molecule has 0 radical (unpaired) electrons. The van der Waals surface area contributed by atoms with Crippen LogP contribution in [0.25, 0.3) is 0 Å². The minimum atomic E-state index is 0.0982. The Morgan fingerprint density at radius 3 is 2.53 bits per heavy atom. The first kappa shape index (κ1) is 11.7. The van der Waals surface area contributed by atoms with Crippen molar-refractivity contribution in [3.05, 3.63) is 46.1 Å². The Hall–Kier alpha value is -1.81. The summed E-state index contributed by atoms with van der Waals surface area (Å²) in [6, 6.07) is 8.03. The second-order valence-electron chi connectivity index (χ2n) is 3.84. The van der Waals surface area contributed by atoms with Crippen LogP contribution in [0.2, 0.25) is 5.15 Å². The predicted molar refractivity (Wildman–Crippen MR) is 69.9 cm³/mol. The molecule has 0 saturated heterocycles. The Morgan fingerprint density at radius 2 is 1.88 bits per heavy atom. The molecule has 2 aromatic rings. The van der Waals surface area contributed by atoms with E-state index < -0.39 is 0 Å². The Morgan fingerprint density at radius 1 is 1.18 bits per heavy atom. The summed E-state index contributed by atoms with van der Waals surface area (Å²) in [5, 5.41) is 0.318. The van der Waals surface area contributed by atoms with Crippen LogP contribution in [-0.2, 0) is 6.42 Å². The van der Waals surface area contributed by atoms with Crippen LogP contribution in [0.5, 0.6) is 0 Å². The summed E-state index contributed by atoms with van der Waals surface area (Å²) < 4.78 is 0. The molecule has 0 fully saturated rings. The van der Waals surface area contributed by atoms with Gasteiger partial charge in [0.25, 0.3) is 0 Å². The average molecular weight is 249 g/mol. The predicted octanol–water partition coefficient (Wildman–Crippen LogP) is 2.19. The number of hydrogen-bond acceptors (Lipinski definition) is 4. The number of nitrogens with zero attached hydrogens (tertiary/aromatic N) is 2. The quantitative estimate of drug-likeness (QED) is 0.799. The van der Waals surface area contributed by atoms with Crippen LogP contribution in [0.1, 0.15) is 16.7 Å². The number of aromatic nitrogens is 2. The molecule has 0 unspecified atom stereocenters. The number of aryl methyl sites for hydroxylation is 1. The first-order valence-electron chi connectivity index (χ1n) is 5.20. The molecule has 4 nitrogen and oxygen atoms in total. The van der Waals surface area contributed by atoms with Crippen molar-refractivity contribution in [2.45, 2.75) is 13.3 Å². The van der Waals surface area contributed by atoms with Gasteiger partial charge in [0.15, 0.2) is 0 Å². The molecule has 0 aliphatic rings. The largest absolute Gasteiger partial charge is 0.383 e. The fourth-order valence-electron chi connectivity index (χ4n) is 1.65. The van der Waals surface area contributed by atoms with Crippen molar-refractivity contribution in [1.29, 1.82) is 0 Å². The van der Waals surface area contributed by atoms with Gasteiger partial charge in [-0.05, 0) is 18.1 Å². The van der Waals surface area contributed by atoms with Gasteiger partial charge in [0.2, 0.25) is 5.95 Å². The highest BCUT2D eigenvalue weighted by molar-refractivity contribution is 6.30. The van der Waals surface area contributed by atoms with Gasteiger partial charge in [-0.3, -0.25) is 0 Å². The monoisotopic (exact) mass is 248 g/mol. The van der Waals surface area contributed by atoms with Crippen LogP contribution in [0.3, 0.4) is 0 Å². The third kappa shape index (κ3) is 2.47. The molecule has 1 aromatic carbocycles. The second kappa shape index (κ2) is 4.59. The fraction of sp³-hybridized carbons (Fsp3) is 0.167. The molecule has 0 saturated carbocycles. The van der Waals surface area contributed by atoms with Crippen molar-refractivity contribution in [2.75, 3.05) is 11.5 Å². The molecule has 0 aliphatic carbocycles. The van der Waals surface area contributed by atoms with Gasteiger partial charge in [-0.15, -0.1) is 0 Å². The summed E-state index contributed by atoms with van der Waals surface area (Å²) in [5.74, 6) is 0.437. The fourth-order valence-corrected chi connectivity index (χ4v) is 1.90. The van der Waals surface area contributed by atoms with Gasteiger partial charge in [0.05, 0.1) is 0 Å². The van der Waals surface area contributed by atoms with E-state index in [0.29, 0.717) is 17.4 Å². The third-order valence-electron chi connectivity index (χ3n) is 2.63. The molecule has 0 aliphatic heterocycles. The van der Waals surface area contributed by atoms with Gasteiger partial charge >= 0.3 is 0 Å². The molecule has 1 aromatic heterocycles. The number of nitrogens with two attached hydrogens (primary N) is 2. The van der Waals surface area contributed by atoms with Gasteiger partial charge < -0.3 is 11.5 Å². The topological polar surface area (TPSA) is 77.8 Å². The summed E-state index contributed by atoms with van der Waals surface area (Å²) in [6.45, 7) is 2.04. The van der Waals surface area contributed by atoms with E-state index in [1.807, 2.05) is 31.2 Å². The van der Waals surface area contributed by atoms with Gasteiger partial charge in [-0.1, -0.05) is 35.9 Å². The first-order valence-corrected chi connectivity index (χ1v) is 5.57. The molecule has 0 amide bonds. The zero-order chi connectivity index (χ0) is 12.4. The molecule has 4 N–H and O–H groups in total. The molecule has 2 rings (SSSR count). The summed E-state index contributed by atoms with van der Waals surface area (Å²) >= 11 is 6.03. The van der Waals surface area contributed by atoms with Crippen molar-refractivity contribution < 1.29 is 0 Å². The smallest absolute Gasteiger partial charge is 0.223 e. The SMILES string of the molecule is Cc1ccccc1Cc1c(N)nc(N)nc1Cl. The molecule has 1 heterocycles. The highest BCUT2D eigenvalue weighted by atomic mass is 35.5. The number of benzene rings is 1. The third-order valence-corrected chi connectivity index (χ3v) is 2.95. The minimum Gasteiger partial charge on any atom is -0.383 e. The molecular formula is C12H13ClN4. The summed E-state index contributed by atoms with van der Waals surface area (Å²) in [4.78, 5) is 7.83. The Bertz CT molecular complexity index is 531. The van der Waals surface area contributed by atoms with E-state index in [1.54, 1.807) is 0 Å². The number of anilines is 2. The highest BCUT2D eigenvalue weighted by Gasteiger charge is 2.11. The number of hydrogen-bond donors (Lipinski definition) is 2. The molecule has 0 atom stereocenters. The minimum absolute atomic E-state index is 0.0982. The average Bonchev–Trinajstić information content (AvgIpc) is 2.25. The van der Waals surface area contributed by atoms with Crippen LogP contribution in [0, 0.1) is 6.92 Å². The van der Waals surface area contributed by atoms with Crippen molar-refractivity contribution in [1.82, 2.24) is 9.97 Å². The van der Waals surface area contributed by atoms with E-state index in [9.17, 15) is 0 Å². The van der Waals surface area contributed by atoms with E-state index in [4.69, 9.17) is 23.1 Å². The summed E-state index contributed by atoms with van der Waals surface area (Å²) in [7, 11) is 0. The maximum atomic E-state index is 6.03. The van der Waals surface area contributed by atoms with Crippen LogP contribution in [-0.4, -0.2) is 9.97 Å². The summed E-state index contributed by atoms with van der Waals surface area (Å²) in [6.07, 6.45) is 0.609. The zero-order valence-electron chi connectivity index (χ0n) is 9.44. The van der Waals surface area contributed by atoms with E-state index in [-0.39, 0.29) is 5.95 Å². The van der Waals surface area contributed by atoms with Crippen molar-refractivity contribution in [3.8, 4) is 0 Å². The van der Waals surface area contributed by atoms with E-state index in [1.165, 1.54) is 5.56 Å². The maximum Gasteiger partial charge on any atom is 0.223 e. The Kier molecular flexibility index (Phi) is 3.15. The lowest BCUT2D eigenvalue weighted by Gasteiger charge is -2.09. The lowest BCUT2D eigenvalue weighted by atomic mass is 10.0. The van der Waals surface area contributed by atoms with Crippen LogP contribution < -0.4 is 11.5 Å². The van der Waals surface area contributed by atoms with Gasteiger partial charge in [-0.25, -0.2) is 4.98 Å². The highest BCUT2D eigenvalue weighted by Crippen LogP contribution is 2.24. The van der Waals surface area contributed by atoms with Gasteiger partial charge in [0, 0.05) is 12.0 Å². The van der Waals surface area contributed by atoms with E-state index in [0.717, 1.165) is 11.1 Å². The number of rotatable bonds is 2. The summed E-state index contributed by atoms with van der Waals surface area (Å²) in [5.41, 5.74) is 14.3. The van der Waals surface area contributed by atoms with Gasteiger partial charge in [-0.2, -0.15) is 4.98 Å². The second-order valence-corrected chi connectivity index (χ2v) is 4.20. The lowest BCUT2D eigenvalue weighted by molar-refractivity contribution is 1.08. The van der Waals surface area contributed by atoms with Crippen LogP contribution in [0.4, 0.5) is 11.8 Å². The van der Waals surface area contributed by atoms with Crippen molar-refractivity contribution in [2.24, 2.45) is 0 Å². The Balaban J connectivity index is 2.40. The van der Waals surface area contributed by atoms with Crippen molar-refractivity contribution >= 4 is 23.4 Å². The molecule has 0 bridgehead atoms. The Labute approximate surface area is 105 Å². The zero-order valence-corrected chi connectivity index (χ0v) is 10.2. The number of nitrogen functional groups attached to an aromatic ring is 2. The molecule has 17 heavy (non-hydrogen) atoms. The van der Waals surface area contributed by atoms with Crippen LogP contribution >= 0.6 is 11.6 Å².